The first-order chi connectivity index (χ1) is 9.10. The highest BCUT2D eigenvalue weighted by molar-refractivity contribution is 5.85. The van der Waals surface area contributed by atoms with Crippen molar-refractivity contribution in [3.8, 4) is 0 Å². The van der Waals surface area contributed by atoms with Gasteiger partial charge in [-0.25, -0.2) is 4.79 Å². The Labute approximate surface area is 119 Å². The molecule has 0 radical (unpaired) electrons. The number of hydrogen-bond donors (Lipinski definition) is 2. The number of aryl methyl sites for hydroxylation is 2. The SMILES string of the molecule is Cc1n[nH]c(C)c1CC(=O)N[C@@H](C)C(=O)OC(C)(C)C. The van der Waals surface area contributed by atoms with Crippen molar-refractivity contribution in [3.05, 3.63) is 17.0 Å². The number of aromatic amines is 1. The first-order valence-electron chi connectivity index (χ1n) is 6.63. The number of carbonyl (C=O) groups excluding carboxylic acids is 2. The van der Waals surface area contributed by atoms with Crippen molar-refractivity contribution in [2.45, 2.75) is 59.6 Å². The number of H-pyrrole nitrogens is 1. The normalized spacial score (nSPS) is 12.9. The molecule has 2 N–H and O–H groups in total. The Morgan fingerprint density at radius 1 is 1.35 bits per heavy atom. The molecule has 1 aromatic heterocycles. The van der Waals surface area contributed by atoms with Crippen LogP contribution in [0.1, 0.15) is 44.6 Å². The van der Waals surface area contributed by atoms with Gasteiger partial charge < -0.3 is 10.1 Å². The van der Waals surface area contributed by atoms with Gasteiger partial charge in [-0.2, -0.15) is 5.10 Å². The van der Waals surface area contributed by atoms with Crippen molar-refractivity contribution in [1.82, 2.24) is 15.5 Å². The van der Waals surface area contributed by atoms with Crippen LogP contribution in [-0.4, -0.2) is 33.7 Å². The summed E-state index contributed by atoms with van der Waals surface area (Å²) in [6.07, 6.45) is 0.196. The average Bonchev–Trinajstić information content (AvgIpc) is 2.58. The second kappa shape index (κ2) is 6.07. The van der Waals surface area contributed by atoms with Crippen molar-refractivity contribution in [2.75, 3.05) is 0 Å². The topological polar surface area (TPSA) is 84.1 Å². The Kier molecular flexibility index (Phi) is 4.92. The highest BCUT2D eigenvalue weighted by Crippen LogP contribution is 2.11. The Morgan fingerprint density at radius 3 is 2.40 bits per heavy atom. The number of esters is 1. The second-order valence-corrected chi connectivity index (χ2v) is 5.91. The van der Waals surface area contributed by atoms with E-state index in [1.807, 2.05) is 13.8 Å². The van der Waals surface area contributed by atoms with Crippen molar-refractivity contribution in [3.63, 3.8) is 0 Å². The van der Waals surface area contributed by atoms with Gasteiger partial charge >= 0.3 is 5.97 Å². The maximum Gasteiger partial charge on any atom is 0.328 e. The van der Waals surface area contributed by atoms with Gasteiger partial charge in [0.25, 0.3) is 0 Å². The predicted molar refractivity (Wildman–Crippen MR) is 75.2 cm³/mol. The van der Waals surface area contributed by atoms with Crippen molar-refractivity contribution >= 4 is 11.9 Å². The molecular formula is C14H23N3O3. The number of nitrogens with one attached hydrogen (secondary N) is 2. The molecule has 0 saturated carbocycles. The smallest absolute Gasteiger partial charge is 0.328 e. The molecule has 20 heavy (non-hydrogen) atoms. The summed E-state index contributed by atoms with van der Waals surface area (Å²) >= 11 is 0. The van der Waals surface area contributed by atoms with Gasteiger partial charge in [0.15, 0.2) is 0 Å². The number of aromatic nitrogens is 2. The van der Waals surface area contributed by atoms with Crippen LogP contribution in [0.5, 0.6) is 0 Å². The first-order valence-corrected chi connectivity index (χ1v) is 6.63. The van der Waals surface area contributed by atoms with Crippen LogP contribution < -0.4 is 5.32 Å². The second-order valence-electron chi connectivity index (χ2n) is 5.91. The summed E-state index contributed by atoms with van der Waals surface area (Å²) in [5.74, 6) is -0.664. The molecule has 0 unspecified atom stereocenters. The third kappa shape index (κ3) is 4.68. The zero-order chi connectivity index (χ0) is 15.5. The number of carbonyl (C=O) groups is 2. The van der Waals surface area contributed by atoms with E-state index in [-0.39, 0.29) is 12.3 Å². The zero-order valence-electron chi connectivity index (χ0n) is 13.0. The zero-order valence-corrected chi connectivity index (χ0v) is 13.0. The molecule has 6 nitrogen and oxygen atoms in total. The van der Waals surface area contributed by atoms with Crippen LogP contribution in [-0.2, 0) is 20.7 Å². The van der Waals surface area contributed by atoms with Gasteiger partial charge in [-0.05, 0) is 41.5 Å². The highest BCUT2D eigenvalue weighted by Gasteiger charge is 2.23. The third-order valence-corrected chi connectivity index (χ3v) is 2.76. The van der Waals surface area contributed by atoms with E-state index in [0.29, 0.717) is 0 Å². The molecule has 0 aliphatic rings. The predicted octanol–water partition coefficient (Wildman–Crippen LogP) is 1.42. The summed E-state index contributed by atoms with van der Waals surface area (Å²) in [5.41, 5.74) is 1.96. The maximum atomic E-state index is 11.9. The lowest BCUT2D eigenvalue weighted by molar-refractivity contribution is -0.158. The molecule has 0 bridgehead atoms. The molecule has 0 aromatic carbocycles. The molecule has 6 heteroatoms. The summed E-state index contributed by atoms with van der Waals surface area (Å²) in [6, 6.07) is -0.672. The van der Waals surface area contributed by atoms with Gasteiger partial charge in [0.1, 0.15) is 11.6 Å². The Hall–Kier alpha value is -1.85. The minimum absolute atomic E-state index is 0.196. The minimum Gasteiger partial charge on any atom is -0.458 e. The summed E-state index contributed by atoms with van der Waals surface area (Å²) in [6.45, 7) is 10.7. The molecular weight excluding hydrogens is 258 g/mol. The maximum absolute atomic E-state index is 11.9. The number of hydrogen-bond acceptors (Lipinski definition) is 4. The molecule has 0 fully saturated rings. The van der Waals surface area contributed by atoms with Gasteiger partial charge in [-0.15, -0.1) is 0 Å². The number of rotatable bonds is 4. The molecule has 112 valence electrons. The average molecular weight is 281 g/mol. The quantitative estimate of drug-likeness (QED) is 0.817. The van der Waals surface area contributed by atoms with Crippen LogP contribution in [0.25, 0.3) is 0 Å². The van der Waals surface area contributed by atoms with E-state index in [9.17, 15) is 9.59 Å². The van der Waals surface area contributed by atoms with Crippen molar-refractivity contribution in [2.24, 2.45) is 0 Å². The monoisotopic (exact) mass is 281 g/mol. The van der Waals surface area contributed by atoms with E-state index in [1.54, 1.807) is 27.7 Å². The molecule has 0 saturated heterocycles. The molecule has 0 aliphatic carbocycles. The molecule has 1 amide bonds. The van der Waals surface area contributed by atoms with Crippen molar-refractivity contribution < 1.29 is 14.3 Å². The minimum atomic E-state index is -0.672. The van der Waals surface area contributed by atoms with Gasteiger partial charge in [-0.1, -0.05) is 0 Å². The highest BCUT2D eigenvalue weighted by atomic mass is 16.6. The van der Waals surface area contributed by atoms with E-state index in [2.05, 4.69) is 15.5 Å². The van der Waals surface area contributed by atoms with E-state index >= 15 is 0 Å². The lowest BCUT2D eigenvalue weighted by Gasteiger charge is -2.22. The Bertz CT molecular complexity index is 481. The molecule has 1 rings (SSSR count). The van der Waals surface area contributed by atoms with E-state index in [0.717, 1.165) is 17.0 Å². The lowest BCUT2D eigenvalue weighted by Crippen LogP contribution is -2.42. The Balaban J connectivity index is 2.56. The molecule has 0 spiro atoms. The number of ether oxygens (including phenoxy) is 1. The fourth-order valence-electron chi connectivity index (χ4n) is 1.74. The summed E-state index contributed by atoms with van der Waals surface area (Å²) < 4.78 is 5.21. The lowest BCUT2D eigenvalue weighted by atomic mass is 10.1. The number of amides is 1. The van der Waals surface area contributed by atoms with E-state index in [4.69, 9.17) is 4.74 Å². The fraction of sp³-hybridized carbons (Fsp3) is 0.643. The molecule has 1 heterocycles. The molecule has 1 aromatic rings. The van der Waals surface area contributed by atoms with Crippen LogP contribution in [0.2, 0.25) is 0 Å². The number of nitrogens with zero attached hydrogens (tertiary/aromatic N) is 1. The van der Waals surface area contributed by atoms with Crippen LogP contribution in [0.3, 0.4) is 0 Å². The molecule has 1 atom stereocenters. The fourth-order valence-corrected chi connectivity index (χ4v) is 1.74. The summed E-state index contributed by atoms with van der Waals surface area (Å²) in [5, 5.41) is 9.50. The van der Waals surface area contributed by atoms with Crippen molar-refractivity contribution in [1.29, 1.82) is 0 Å². The van der Waals surface area contributed by atoms with Crippen LogP contribution in [0, 0.1) is 13.8 Å². The van der Waals surface area contributed by atoms with E-state index < -0.39 is 17.6 Å². The van der Waals surface area contributed by atoms with Crippen LogP contribution in [0.4, 0.5) is 0 Å². The standard InChI is InChI=1S/C14H23N3O3/c1-8-11(9(2)17-16-8)7-12(18)15-10(3)13(19)20-14(4,5)6/h10H,7H2,1-6H3,(H,15,18)(H,16,17)/t10-/m0/s1. The molecule has 0 aliphatic heterocycles. The van der Waals surface area contributed by atoms with Gasteiger partial charge in [0.2, 0.25) is 5.91 Å². The van der Waals surface area contributed by atoms with Gasteiger partial charge in [0, 0.05) is 11.3 Å². The van der Waals surface area contributed by atoms with Gasteiger partial charge in [0.05, 0.1) is 12.1 Å². The Morgan fingerprint density at radius 2 is 1.95 bits per heavy atom. The largest absolute Gasteiger partial charge is 0.458 e. The van der Waals surface area contributed by atoms with Crippen LogP contribution in [0.15, 0.2) is 0 Å². The third-order valence-electron chi connectivity index (χ3n) is 2.76. The summed E-state index contributed by atoms with van der Waals surface area (Å²) in [4.78, 5) is 23.7. The van der Waals surface area contributed by atoms with Gasteiger partial charge in [-0.3, -0.25) is 9.89 Å². The first kappa shape index (κ1) is 16.2. The summed E-state index contributed by atoms with van der Waals surface area (Å²) in [7, 11) is 0. The van der Waals surface area contributed by atoms with E-state index in [1.165, 1.54) is 0 Å². The van der Waals surface area contributed by atoms with Crippen LogP contribution >= 0.6 is 0 Å².